The smallest absolute Gasteiger partial charge is 0.188 e. The van der Waals surface area contributed by atoms with Crippen LogP contribution in [0.15, 0.2) is 42.5 Å². The Labute approximate surface area is 106 Å². The molecule has 1 aromatic heterocycles. The average molecular weight is 262 g/mol. The second-order valence-electron chi connectivity index (χ2n) is 3.72. The molecule has 1 heterocycles. The van der Waals surface area contributed by atoms with Gasteiger partial charge in [0.15, 0.2) is 10.9 Å². The van der Waals surface area contributed by atoms with Crippen LogP contribution in [0.1, 0.15) is 0 Å². The van der Waals surface area contributed by atoms with Crippen molar-refractivity contribution in [1.29, 1.82) is 0 Å². The van der Waals surface area contributed by atoms with Gasteiger partial charge in [0.05, 0.1) is 4.70 Å². The quantitative estimate of drug-likeness (QED) is 0.744. The first kappa shape index (κ1) is 11.1. The Morgan fingerprint density at radius 1 is 0.944 bits per heavy atom. The molecule has 0 saturated heterocycles. The minimum Gasteiger partial charge on any atom is -0.332 e. The normalized spacial score (nSPS) is 10.8. The number of hydrogen-bond donors (Lipinski definition) is 1. The van der Waals surface area contributed by atoms with E-state index in [4.69, 9.17) is 0 Å². The molecular weight excluding hydrogens is 254 g/mol. The molecule has 18 heavy (non-hydrogen) atoms. The van der Waals surface area contributed by atoms with E-state index < -0.39 is 11.6 Å². The summed E-state index contributed by atoms with van der Waals surface area (Å²) in [4.78, 5) is 4.06. The summed E-state index contributed by atoms with van der Waals surface area (Å²) in [5.41, 5.74) is 0.899. The Morgan fingerprint density at radius 3 is 2.39 bits per heavy atom. The molecule has 2 nitrogen and oxygen atoms in total. The minimum atomic E-state index is -0.510. The molecule has 0 aliphatic heterocycles. The highest BCUT2D eigenvalue weighted by atomic mass is 32.1. The minimum absolute atomic E-state index is 0.0680. The van der Waals surface area contributed by atoms with Crippen LogP contribution in [0.5, 0.6) is 0 Å². The molecule has 0 fully saturated rings. The molecule has 0 aliphatic carbocycles. The summed E-state index contributed by atoms with van der Waals surface area (Å²) in [7, 11) is 0. The topological polar surface area (TPSA) is 24.9 Å². The summed E-state index contributed by atoms with van der Waals surface area (Å²) in [6, 6.07) is 11.6. The molecule has 0 saturated carbocycles. The largest absolute Gasteiger partial charge is 0.332 e. The standard InChI is InChI=1S/C13H8F2N2S/c14-9-6-7-10(15)12-11(9)17-13(18-12)16-8-4-2-1-3-5-8/h1-7H,(H,16,17). The zero-order valence-electron chi connectivity index (χ0n) is 9.15. The number of benzene rings is 2. The maximum absolute atomic E-state index is 13.5. The first-order valence-corrected chi connectivity index (χ1v) is 6.12. The molecule has 3 rings (SSSR count). The number of fused-ring (bicyclic) bond motifs is 1. The molecule has 0 spiro atoms. The summed E-state index contributed by atoms with van der Waals surface area (Å²) in [6.07, 6.45) is 0. The number of hydrogen-bond acceptors (Lipinski definition) is 3. The third kappa shape index (κ3) is 1.93. The third-order valence-electron chi connectivity index (χ3n) is 2.47. The predicted molar refractivity (Wildman–Crippen MR) is 69.3 cm³/mol. The van der Waals surface area contributed by atoms with Crippen LogP contribution in [0.3, 0.4) is 0 Å². The van der Waals surface area contributed by atoms with Gasteiger partial charge in [-0.25, -0.2) is 13.8 Å². The fraction of sp³-hybridized carbons (Fsp3) is 0. The van der Waals surface area contributed by atoms with Crippen LogP contribution in [-0.4, -0.2) is 4.98 Å². The van der Waals surface area contributed by atoms with E-state index in [1.165, 1.54) is 0 Å². The zero-order valence-corrected chi connectivity index (χ0v) is 9.97. The number of nitrogens with zero attached hydrogens (tertiary/aromatic N) is 1. The molecule has 0 bridgehead atoms. The molecule has 2 aromatic carbocycles. The summed E-state index contributed by atoms with van der Waals surface area (Å²) in [5, 5.41) is 3.49. The Balaban J connectivity index is 2.04. The predicted octanol–water partition coefficient (Wildman–Crippen LogP) is 4.32. The molecule has 0 amide bonds. The van der Waals surface area contributed by atoms with Crippen molar-refractivity contribution in [3.8, 4) is 0 Å². The van der Waals surface area contributed by atoms with Gasteiger partial charge in [0.25, 0.3) is 0 Å². The number of anilines is 2. The first-order chi connectivity index (χ1) is 8.74. The van der Waals surface area contributed by atoms with E-state index in [1.54, 1.807) is 0 Å². The highest BCUT2D eigenvalue weighted by molar-refractivity contribution is 7.22. The molecule has 90 valence electrons. The summed E-state index contributed by atoms with van der Waals surface area (Å²) in [5.74, 6) is -0.964. The van der Waals surface area contributed by atoms with Crippen molar-refractivity contribution in [2.45, 2.75) is 0 Å². The van der Waals surface area contributed by atoms with Gasteiger partial charge in [-0.05, 0) is 24.3 Å². The van der Waals surface area contributed by atoms with Crippen molar-refractivity contribution in [2.24, 2.45) is 0 Å². The van der Waals surface area contributed by atoms with Crippen LogP contribution in [0.4, 0.5) is 19.6 Å². The van der Waals surface area contributed by atoms with Crippen molar-refractivity contribution >= 4 is 32.4 Å². The van der Waals surface area contributed by atoms with Gasteiger partial charge >= 0.3 is 0 Å². The molecule has 0 aliphatic rings. The maximum atomic E-state index is 13.5. The van der Waals surface area contributed by atoms with Gasteiger partial charge in [0, 0.05) is 5.69 Å². The van der Waals surface area contributed by atoms with E-state index in [2.05, 4.69) is 10.3 Å². The Kier molecular flexibility index (Phi) is 2.68. The molecule has 0 unspecified atom stereocenters. The highest BCUT2D eigenvalue weighted by Crippen LogP contribution is 2.31. The van der Waals surface area contributed by atoms with E-state index >= 15 is 0 Å². The summed E-state index contributed by atoms with van der Waals surface area (Å²) in [6.45, 7) is 0. The van der Waals surface area contributed by atoms with Gasteiger partial charge in [-0.15, -0.1) is 0 Å². The summed E-state index contributed by atoms with van der Waals surface area (Å²) < 4.78 is 27.2. The SMILES string of the molecule is Fc1ccc(F)c2sc(Nc3ccccc3)nc12. The molecule has 1 N–H and O–H groups in total. The number of para-hydroxylation sites is 1. The van der Waals surface area contributed by atoms with Gasteiger partial charge < -0.3 is 5.32 Å². The van der Waals surface area contributed by atoms with E-state index in [0.29, 0.717) is 5.13 Å². The van der Waals surface area contributed by atoms with Gasteiger partial charge in [-0.1, -0.05) is 29.5 Å². The third-order valence-corrected chi connectivity index (χ3v) is 3.45. The number of nitrogens with one attached hydrogen (secondary N) is 1. The van der Waals surface area contributed by atoms with Crippen molar-refractivity contribution in [3.63, 3.8) is 0 Å². The van der Waals surface area contributed by atoms with Crippen molar-refractivity contribution in [2.75, 3.05) is 5.32 Å². The average Bonchev–Trinajstić information content (AvgIpc) is 2.80. The molecule has 3 aromatic rings. The Hall–Kier alpha value is -2.01. The van der Waals surface area contributed by atoms with E-state index in [1.807, 2.05) is 30.3 Å². The van der Waals surface area contributed by atoms with Gasteiger partial charge in [0.1, 0.15) is 11.3 Å². The van der Waals surface area contributed by atoms with Crippen LogP contribution in [0.2, 0.25) is 0 Å². The maximum Gasteiger partial charge on any atom is 0.188 e. The molecule has 0 atom stereocenters. The number of rotatable bonds is 2. The van der Waals surface area contributed by atoms with Crippen LogP contribution < -0.4 is 5.32 Å². The van der Waals surface area contributed by atoms with Crippen LogP contribution in [0, 0.1) is 11.6 Å². The lowest BCUT2D eigenvalue weighted by Gasteiger charge is -1.99. The van der Waals surface area contributed by atoms with E-state index in [9.17, 15) is 8.78 Å². The lowest BCUT2D eigenvalue weighted by molar-refractivity contribution is 0.617. The molecule has 0 radical (unpaired) electrons. The highest BCUT2D eigenvalue weighted by Gasteiger charge is 2.12. The summed E-state index contributed by atoms with van der Waals surface area (Å²) >= 11 is 1.10. The van der Waals surface area contributed by atoms with Crippen molar-refractivity contribution < 1.29 is 8.78 Å². The number of aromatic nitrogens is 1. The van der Waals surface area contributed by atoms with Crippen LogP contribution in [0.25, 0.3) is 10.2 Å². The fourth-order valence-electron chi connectivity index (χ4n) is 1.64. The first-order valence-electron chi connectivity index (χ1n) is 5.30. The van der Waals surface area contributed by atoms with Crippen molar-refractivity contribution in [3.05, 3.63) is 54.1 Å². The van der Waals surface area contributed by atoms with Crippen LogP contribution >= 0.6 is 11.3 Å². The Bertz CT molecular complexity index is 656. The van der Waals surface area contributed by atoms with E-state index in [-0.39, 0.29) is 10.2 Å². The second-order valence-corrected chi connectivity index (χ2v) is 4.72. The lowest BCUT2D eigenvalue weighted by atomic mass is 10.3. The lowest BCUT2D eigenvalue weighted by Crippen LogP contribution is -1.88. The van der Waals surface area contributed by atoms with Gasteiger partial charge in [-0.2, -0.15) is 0 Å². The fourth-order valence-corrected chi connectivity index (χ4v) is 2.55. The number of thiazole rings is 1. The Morgan fingerprint density at radius 2 is 1.67 bits per heavy atom. The van der Waals surface area contributed by atoms with Gasteiger partial charge in [0.2, 0.25) is 0 Å². The van der Waals surface area contributed by atoms with Gasteiger partial charge in [-0.3, -0.25) is 0 Å². The molecular formula is C13H8F2N2S. The van der Waals surface area contributed by atoms with E-state index in [0.717, 1.165) is 29.2 Å². The van der Waals surface area contributed by atoms with Crippen LogP contribution in [-0.2, 0) is 0 Å². The zero-order chi connectivity index (χ0) is 12.5. The molecule has 5 heteroatoms. The van der Waals surface area contributed by atoms with Crippen molar-refractivity contribution in [1.82, 2.24) is 4.98 Å². The number of halogens is 2. The monoisotopic (exact) mass is 262 g/mol. The second kappa shape index (κ2) is 4.34.